The quantitative estimate of drug-likeness (QED) is 0.883. The lowest BCUT2D eigenvalue weighted by Crippen LogP contribution is -2.43. The van der Waals surface area contributed by atoms with Gasteiger partial charge in [0, 0.05) is 43.7 Å². The number of rotatable bonds is 4. The second-order valence-corrected chi connectivity index (χ2v) is 7.93. The van der Waals surface area contributed by atoms with Crippen molar-refractivity contribution in [2.45, 2.75) is 52.2 Å². The Bertz CT molecular complexity index is 877. The molecule has 0 bridgehead atoms. The number of aromatic nitrogens is 2. The van der Waals surface area contributed by atoms with Crippen LogP contribution in [0.3, 0.4) is 0 Å². The third-order valence-corrected chi connectivity index (χ3v) is 5.67. The van der Waals surface area contributed by atoms with Gasteiger partial charge < -0.3 is 15.0 Å². The average Bonchev–Trinajstić information content (AvgIpc) is 3.23. The Balaban J connectivity index is 1.42. The zero-order chi connectivity index (χ0) is 19.7. The molecule has 0 spiro atoms. The number of ether oxygens (including phenoxy) is 1. The topological polar surface area (TPSA) is 67.3 Å². The summed E-state index contributed by atoms with van der Waals surface area (Å²) in [6.07, 6.45) is 3.25. The fourth-order valence-corrected chi connectivity index (χ4v) is 4.02. The van der Waals surface area contributed by atoms with Gasteiger partial charge >= 0.3 is 0 Å². The number of nitrogens with one attached hydrogen (secondary N) is 1. The summed E-state index contributed by atoms with van der Waals surface area (Å²) < 4.78 is 5.96. The minimum absolute atomic E-state index is 0.00898. The summed E-state index contributed by atoms with van der Waals surface area (Å²) in [6, 6.07) is 6.01. The number of carbonyl (C=O) groups is 1. The van der Waals surface area contributed by atoms with Crippen LogP contribution in [0.2, 0.25) is 0 Å². The Hall–Kier alpha value is -2.47. The molecule has 6 nitrogen and oxygen atoms in total. The average molecular weight is 380 g/mol. The molecule has 1 aromatic carbocycles. The molecule has 1 N–H and O–H groups in total. The first-order chi connectivity index (χ1) is 13.5. The molecule has 1 fully saturated rings. The van der Waals surface area contributed by atoms with Crippen LogP contribution in [-0.2, 0) is 17.8 Å². The van der Waals surface area contributed by atoms with Crippen LogP contribution >= 0.6 is 0 Å². The lowest BCUT2D eigenvalue weighted by molar-refractivity contribution is -0.138. The predicted octanol–water partition coefficient (Wildman–Crippen LogP) is 2.52. The summed E-state index contributed by atoms with van der Waals surface area (Å²) in [4.78, 5) is 24.2. The van der Waals surface area contributed by atoms with E-state index in [0.717, 1.165) is 54.3 Å². The van der Waals surface area contributed by atoms with E-state index in [1.165, 1.54) is 5.56 Å². The molecule has 1 amide bonds. The fraction of sp³-hybridized carbons (Fsp3) is 0.500. The van der Waals surface area contributed by atoms with Crippen molar-refractivity contribution in [3.05, 3.63) is 52.6 Å². The SMILES string of the molecule is Cc1ccc(OC(C)C(=O)N2CCc3nc(C4CCNC4)ncc3C2)c(C)c1. The second-order valence-electron chi connectivity index (χ2n) is 7.93. The molecule has 2 aromatic rings. The van der Waals surface area contributed by atoms with Crippen molar-refractivity contribution in [1.29, 1.82) is 0 Å². The van der Waals surface area contributed by atoms with E-state index >= 15 is 0 Å². The highest BCUT2D eigenvalue weighted by Crippen LogP contribution is 2.24. The maximum absolute atomic E-state index is 12.9. The normalized spacial score (nSPS) is 20.0. The van der Waals surface area contributed by atoms with Gasteiger partial charge in [0.05, 0.1) is 5.69 Å². The van der Waals surface area contributed by atoms with Crippen molar-refractivity contribution in [3.8, 4) is 5.75 Å². The van der Waals surface area contributed by atoms with Crippen LogP contribution in [0.15, 0.2) is 24.4 Å². The molecule has 6 heteroatoms. The Morgan fingerprint density at radius 1 is 1.36 bits per heavy atom. The molecule has 4 rings (SSSR count). The number of benzene rings is 1. The van der Waals surface area contributed by atoms with Crippen molar-refractivity contribution in [2.24, 2.45) is 0 Å². The van der Waals surface area contributed by atoms with Crippen LogP contribution in [0, 0.1) is 13.8 Å². The minimum Gasteiger partial charge on any atom is -0.481 e. The molecule has 1 saturated heterocycles. The van der Waals surface area contributed by atoms with Gasteiger partial charge in [-0.3, -0.25) is 4.79 Å². The molecule has 0 aliphatic carbocycles. The first-order valence-corrected chi connectivity index (χ1v) is 10.1. The molecule has 3 heterocycles. The van der Waals surface area contributed by atoms with Gasteiger partial charge in [0.2, 0.25) is 0 Å². The molecule has 2 unspecified atom stereocenters. The summed E-state index contributed by atoms with van der Waals surface area (Å²) in [7, 11) is 0. The number of hydrogen-bond donors (Lipinski definition) is 1. The van der Waals surface area contributed by atoms with Gasteiger partial charge in [-0.05, 0) is 45.4 Å². The van der Waals surface area contributed by atoms with Crippen LogP contribution < -0.4 is 10.1 Å². The maximum Gasteiger partial charge on any atom is 0.263 e. The van der Waals surface area contributed by atoms with Gasteiger partial charge in [-0.25, -0.2) is 9.97 Å². The molecule has 2 aliphatic rings. The molecular weight excluding hydrogens is 352 g/mol. The Morgan fingerprint density at radius 3 is 2.96 bits per heavy atom. The maximum atomic E-state index is 12.9. The van der Waals surface area contributed by atoms with Crippen LogP contribution in [-0.4, -0.2) is 46.5 Å². The van der Waals surface area contributed by atoms with Crippen molar-refractivity contribution >= 4 is 5.91 Å². The monoisotopic (exact) mass is 380 g/mol. The number of nitrogens with zero attached hydrogens (tertiary/aromatic N) is 3. The van der Waals surface area contributed by atoms with Crippen molar-refractivity contribution < 1.29 is 9.53 Å². The largest absolute Gasteiger partial charge is 0.481 e. The highest BCUT2D eigenvalue weighted by Gasteiger charge is 2.28. The van der Waals surface area contributed by atoms with Gasteiger partial charge in [0.25, 0.3) is 5.91 Å². The summed E-state index contributed by atoms with van der Waals surface area (Å²) in [5.41, 5.74) is 4.37. The van der Waals surface area contributed by atoms with Crippen LogP contribution in [0.4, 0.5) is 0 Å². The molecule has 1 aromatic heterocycles. The molecule has 148 valence electrons. The molecule has 2 atom stereocenters. The first kappa shape index (κ1) is 18.9. The molecule has 0 radical (unpaired) electrons. The first-order valence-electron chi connectivity index (χ1n) is 10.1. The number of aryl methyl sites for hydroxylation is 2. The summed E-state index contributed by atoms with van der Waals surface area (Å²) in [6.45, 7) is 9.09. The summed E-state index contributed by atoms with van der Waals surface area (Å²) >= 11 is 0. The second kappa shape index (κ2) is 7.87. The highest BCUT2D eigenvalue weighted by molar-refractivity contribution is 5.81. The van der Waals surface area contributed by atoms with E-state index in [1.54, 1.807) is 0 Å². The summed E-state index contributed by atoms with van der Waals surface area (Å²) in [5.74, 6) is 2.13. The summed E-state index contributed by atoms with van der Waals surface area (Å²) in [5, 5.41) is 3.37. The lowest BCUT2D eigenvalue weighted by Gasteiger charge is -2.30. The van der Waals surface area contributed by atoms with Crippen molar-refractivity contribution in [3.63, 3.8) is 0 Å². The van der Waals surface area contributed by atoms with Gasteiger partial charge in [-0.15, -0.1) is 0 Å². The highest BCUT2D eigenvalue weighted by atomic mass is 16.5. The Morgan fingerprint density at radius 2 is 2.21 bits per heavy atom. The predicted molar refractivity (Wildman–Crippen MR) is 107 cm³/mol. The molecule has 0 saturated carbocycles. The number of hydrogen-bond acceptors (Lipinski definition) is 5. The Kier molecular flexibility index (Phi) is 5.31. The van der Waals surface area contributed by atoms with E-state index in [4.69, 9.17) is 9.72 Å². The van der Waals surface area contributed by atoms with Gasteiger partial charge in [0.1, 0.15) is 11.6 Å². The van der Waals surface area contributed by atoms with Crippen LogP contribution in [0.5, 0.6) is 5.75 Å². The van der Waals surface area contributed by atoms with E-state index in [-0.39, 0.29) is 5.91 Å². The van der Waals surface area contributed by atoms with Crippen molar-refractivity contribution in [1.82, 2.24) is 20.2 Å². The van der Waals surface area contributed by atoms with Gasteiger partial charge in [0.15, 0.2) is 6.10 Å². The molecule has 2 aliphatic heterocycles. The van der Waals surface area contributed by atoms with Crippen LogP contribution in [0.25, 0.3) is 0 Å². The van der Waals surface area contributed by atoms with E-state index in [1.807, 2.05) is 44.0 Å². The fourth-order valence-electron chi connectivity index (χ4n) is 4.02. The number of fused-ring (bicyclic) bond motifs is 1. The smallest absolute Gasteiger partial charge is 0.263 e. The van der Waals surface area contributed by atoms with E-state index < -0.39 is 6.10 Å². The third kappa shape index (κ3) is 3.87. The minimum atomic E-state index is -0.521. The van der Waals surface area contributed by atoms with E-state index in [9.17, 15) is 4.79 Å². The van der Waals surface area contributed by atoms with Gasteiger partial charge in [-0.1, -0.05) is 17.7 Å². The van der Waals surface area contributed by atoms with E-state index in [0.29, 0.717) is 19.0 Å². The standard InChI is InChI=1S/C22H28N4O2/c1-14-4-5-20(15(2)10-14)28-16(3)22(27)26-9-7-19-18(13-26)12-24-21(25-19)17-6-8-23-11-17/h4-5,10,12,16-17,23H,6-9,11,13H2,1-3H3. The molecule has 28 heavy (non-hydrogen) atoms. The number of carbonyl (C=O) groups excluding carboxylic acids is 1. The van der Waals surface area contributed by atoms with E-state index in [2.05, 4.69) is 16.4 Å². The van der Waals surface area contributed by atoms with Crippen molar-refractivity contribution in [2.75, 3.05) is 19.6 Å². The van der Waals surface area contributed by atoms with Crippen LogP contribution in [0.1, 0.15) is 47.5 Å². The zero-order valence-electron chi connectivity index (χ0n) is 16.9. The molecular formula is C22H28N4O2. The zero-order valence-corrected chi connectivity index (χ0v) is 16.9. The Labute approximate surface area is 166 Å². The lowest BCUT2D eigenvalue weighted by atomic mass is 10.0. The number of amides is 1. The van der Waals surface area contributed by atoms with Gasteiger partial charge in [-0.2, -0.15) is 0 Å². The third-order valence-electron chi connectivity index (χ3n) is 5.67.